The van der Waals surface area contributed by atoms with Crippen LogP contribution >= 0.6 is 12.4 Å². The van der Waals surface area contributed by atoms with Crippen LogP contribution in [-0.2, 0) is 0 Å². The SMILES string of the molecule is Cl.N[C@@H](c1ccnc2ccccc12)C1CCNCC1. The molecule has 2 aromatic rings. The van der Waals surface area contributed by atoms with Crippen molar-refractivity contribution in [3.63, 3.8) is 0 Å². The van der Waals surface area contributed by atoms with E-state index in [-0.39, 0.29) is 18.4 Å². The Bertz CT molecular complexity index is 532. The van der Waals surface area contributed by atoms with Gasteiger partial charge in [0, 0.05) is 17.6 Å². The Morgan fingerprint density at radius 3 is 2.68 bits per heavy atom. The third-order valence-corrected chi connectivity index (χ3v) is 3.93. The number of rotatable bonds is 2. The lowest BCUT2D eigenvalue weighted by atomic mass is 9.85. The summed E-state index contributed by atoms with van der Waals surface area (Å²) >= 11 is 0. The van der Waals surface area contributed by atoms with Gasteiger partial charge < -0.3 is 11.1 Å². The highest BCUT2D eigenvalue weighted by Gasteiger charge is 2.22. The molecule has 1 atom stereocenters. The fourth-order valence-electron chi connectivity index (χ4n) is 2.87. The van der Waals surface area contributed by atoms with Gasteiger partial charge in [0.05, 0.1) is 5.52 Å². The molecule has 4 heteroatoms. The molecule has 0 unspecified atom stereocenters. The van der Waals surface area contributed by atoms with Crippen molar-refractivity contribution in [3.05, 3.63) is 42.1 Å². The van der Waals surface area contributed by atoms with Crippen LogP contribution in [0.5, 0.6) is 0 Å². The molecule has 0 amide bonds. The summed E-state index contributed by atoms with van der Waals surface area (Å²) in [6.07, 6.45) is 4.20. The lowest BCUT2D eigenvalue weighted by Gasteiger charge is -2.29. The van der Waals surface area contributed by atoms with Crippen molar-refractivity contribution in [3.8, 4) is 0 Å². The fraction of sp³-hybridized carbons (Fsp3) is 0.400. The Hall–Kier alpha value is -1.16. The standard InChI is InChI=1S/C15H19N3.ClH/c16-15(11-5-8-17-9-6-11)13-7-10-18-14-4-2-1-3-12(13)14;/h1-4,7,10-11,15,17H,5-6,8-9,16H2;1H/t15-;/m1./s1. The smallest absolute Gasteiger partial charge is 0.0705 e. The number of piperidine rings is 1. The quantitative estimate of drug-likeness (QED) is 0.887. The average molecular weight is 278 g/mol. The van der Waals surface area contributed by atoms with Gasteiger partial charge in [0.1, 0.15) is 0 Å². The monoisotopic (exact) mass is 277 g/mol. The Morgan fingerprint density at radius 2 is 1.89 bits per heavy atom. The molecule has 0 spiro atoms. The summed E-state index contributed by atoms with van der Waals surface area (Å²) < 4.78 is 0. The minimum atomic E-state index is 0. The molecule has 1 aromatic carbocycles. The number of hydrogen-bond acceptors (Lipinski definition) is 3. The molecule has 1 aliphatic heterocycles. The number of nitrogens with zero attached hydrogens (tertiary/aromatic N) is 1. The summed E-state index contributed by atoms with van der Waals surface area (Å²) in [5, 5.41) is 4.59. The molecule has 3 rings (SSSR count). The van der Waals surface area contributed by atoms with E-state index in [1.54, 1.807) is 0 Å². The minimum Gasteiger partial charge on any atom is -0.324 e. The van der Waals surface area contributed by atoms with Gasteiger partial charge in [-0.25, -0.2) is 0 Å². The molecular formula is C15H20ClN3. The van der Waals surface area contributed by atoms with E-state index in [1.807, 2.05) is 18.3 Å². The Kier molecular flexibility index (Phi) is 4.75. The first-order valence-corrected chi connectivity index (χ1v) is 6.66. The van der Waals surface area contributed by atoms with Crippen LogP contribution in [0.2, 0.25) is 0 Å². The van der Waals surface area contributed by atoms with Crippen molar-refractivity contribution in [1.82, 2.24) is 10.3 Å². The molecule has 0 bridgehead atoms. The molecule has 2 heterocycles. The third kappa shape index (κ3) is 2.89. The Balaban J connectivity index is 0.00000133. The van der Waals surface area contributed by atoms with Crippen LogP contribution in [0.15, 0.2) is 36.5 Å². The first-order chi connectivity index (χ1) is 8.86. The van der Waals surface area contributed by atoms with E-state index in [1.165, 1.54) is 10.9 Å². The van der Waals surface area contributed by atoms with Gasteiger partial charge in [0.25, 0.3) is 0 Å². The third-order valence-electron chi connectivity index (χ3n) is 3.93. The molecule has 1 saturated heterocycles. The second-order valence-corrected chi connectivity index (χ2v) is 5.03. The van der Waals surface area contributed by atoms with Crippen LogP contribution in [0.1, 0.15) is 24.4 Å². The number of para-hydroxylation sites is 1. The van der Waals surface area contributed by atoms with E-state index in [0.29, 0.717) is 5.92 Å². The number of nitrogens with two attached hydrogens (primary N) is 1. The number of fused-ring (bicyclic) bond motifs is 1. The first kappa shape index (κ1) is 14.3. The zero-order chi connectivity index (χ0) is 12.4. The number of halogens is 1. The molecule has 1 fully saturated rings. The Morgan fingerprint density at radius 1 is 1.16 bits per heavy atom. The summed E-state index contributed by atoms with van der Waals surface area (Å²) in [4.78, 5) is 4.40. The molecule has 0 aliphatic carbocycles. The van der Waals surface area contributed by atoms with Crippen LogP contribution in [0.25, 0.3) is 10.9 Å². The van der Waals surface area contributed by atoms with E-state index in [4.69, 9.17) is 5.73 Å². The van der Waals surface area contributed by atoms with Gasteiger partial charge >= 0.3 is 0 Å². The van der Waals surface area contributed by atoms with Crippen LogP contribution in [0.4, 0.5) is 0 Å². The predicted molar refractivity (Wildman–Crippen MR) is 81.5 cm³/mol. The van der Waals surface area contributed by atoms with E-state index >= 15 is 0 Å². The van der Waals surface area contributed by atoms with Crippen LogP contribution < -0.4 is 11.1 Å². The molecule has 1 aromatic heterocycles. The van der Waals surface area contributed by atoms with Gasteiger partial charge in [-0.2, -0.15) is 0 Å². The summed E-state index contributed by atoms with van der Waals surface area (Å²) in [5.74, 6) is 0.581. The zero-order valence-corrected chi connectivity index (χ0v) is 11.7. The van der Waals surface area contributed by atoms with Crippen molar-refractivity contribution in [1.29, 1.82) is 0 Å². The second-order valence-electron chi connectivity index (χ2n) is 5.03. The second kappa shape index (κ2) is 6.33. The van der Waals surface area contributed by atoms with E-state index in [9.17, 15) is 0 Å². The maximum Gasteiger partial charge on any atom is 0.0705 e. The van der Waals surface area contributed by atoms with Gasteiger partial charge in [-0.15, -0.1) is 12.4 Å². The normalized spacial score (nSPS) is 17.9. The lowest BCUT2D eigenvalue weighted by Crippen LogP contribution is -2.33. The van der Waals surface area contributed by atoms with Crippen molar-refractivity contribution < 1.29 is 0 Å². The van der Waals surface area contributed by atoms with Crippen LogP contribution in [0, 0.1) is 5.92 Å². The minimum absolute atomic E-state index is 0. The molecule has 19 heavy (non-hydrogen) atoms. The van der Waals surface area contributed by atoms with Gasteiger partial charge in [-0.3, -0.25) is 4.98 Å². The van der Waals surface area contributed by atoms with Gasteiger partial charge in [-0.1, -0.05) is 18.2 Å². The van der Waals surface area contributed by atoms with E-state index in [0.717, 1.165) is 31.4 Å². The van der Waals surface area contributed by atoms with Gasteiger partial charge in [-0.05, 0) is 49.5 Å². The number of aromatic nitrogens is 1. The summed E-state index contributed by atoms with van der Waals surface area (Å²) in [6, 6.07) is 10.5. The lowest BCUT2D eigenvalue weighted by molar-refractivity contribution is 0.323. The van der Waals surface area contributed by atoms with E-state index in [2.05, 4.69) is 28.5 Å². The molecule has 3 N–H and O–H groups in total. The molecular weight excluding hydrogens is 258 g/mol. The molecule has 3 nitrogen and oxygen atoms in total. The highest BCUT2D eigenvalue weighted by molar-refractivity contribution is 5.85. The number of hydrogen-bond donors (Lipinski definition) is 2. The molecule has 0 saturated carbocycles. The first-order valence-electron chi connectivity index (χ1n) is 6.66. The Labute approximate surface area is 120 Å². The van der Waals surface area contributed by atoms with Crippen LogP contribution in [0.3, 0.4) is 0 Å². The highest BCUT2D eigenvalue weighted by atomic mass is 35.5. The predicted octanol–water partition coefficient (Wildman–Crippen LogP) is 2.66. The van der Waals surface area contributed by atoms with E-state index < -0.39 is 0 Å². The van der Waals surface area contributed by atoms with Crippen molar-refractivity contribution in [2.24, 2.45) is 11.7 Å². The van der Waals surface area contributed by atoms with Crippen molar-refractivity contribution in [2.75, 3.05) is 13.1 Å². The molecule has 0 radical (unpaired) electrons. The average Bonchev–Trinajstić information content (AvgIpc) is 2.47. The zero-order valence-electron chi connectivity index (χ0n) is 10.9. The molecule has 1 aliphatic rings. The topological polar surface area (TPSA) is 50.9 Å². The molecule has 102 valence electrons. The number of nitrogens with one attached hydrogen (secondary N) is 1. The number of pyridine rings is 1. The van der Waals surface area contributed by atoms with Gasteiger partial charge in [0.15, 0.2) is 0 Å². The van der Waals surface area contributed by atoms with Gasteiger partial charge in [0.2, 0.25) is 0 Å². The van der Waals surface area contributed by atoms with Crippen LogP contribution in [-0.4, -0.2) is 18.1 Å². The maximum absolute atomic E-state index is 6.48. The highest BCUT2D eigenvalue weighted by Crippen LogP contribution is 2.30. The maximum atomic E-state index is 6.48. The summed E-state index contributed by atoms with van der Waals surface area (Å²) in [7, 11) is 0. The summed E-state index contributed by atoms with van der Waals surface area (Å²) in [6.45, 7) is 2.17. The summed E-state index contributed by atoms with van der Waals surface area (Å²) in [5.41, 5.74) is 8.76. The van der Waals surface area contributed by atoms with Crippen molar-refractivity contribution in [2.45, 2.75) is 18.9 Å². The largest absolute Gasteiger partial charge is 0.324 e. The van der Waals surface area contributed by atoms with Crippen molar-refractivity contribution >= 4 is 23.3 Å². The fourth-order valence-corrected chi connectivity index (χ4v) is 2.87. The number of benzene rings is 1.